The smallest absolute Gasteiger partial charge is 0.396 e. The molecule has 0 aliphatic rings. The minimum Gasteiger partial charge on any atom is -0.489 e. The van der Waals surface area contributed by atoms with E-state index in [2.05, 4.69) is 4.74 Å². The molecule has 5 nitrogen and oxygen atoms in total. The molecular formula is C20H19F3O5. The number of carbonyl (C=O) groups excluding carboxylic acids is 1. The van der Waals surface area contributed by atoms with Gasteiger partial charge in [0.25, 0.3) is 0 Å². The first kappa shape index (κ1) is 21.3. The number of carbonyl (C=O) groups is 2. The van der Waals surface area contributed by atoms with E-state index in [-0.39, 0.29) is 19.0 Å². The number of ether oxygens (including phenoxy) is 2. The summed E-state index contributed by atoms with van der Waals surface area (Å²) in [5, 5.41) is 9.29. The van der Waals surface area contributed by atoms with Crippen LogP contribution in [0.3, 0.4) is 0 Å². The van der Waals surface area contributed by atoms with Crippen molar-refractivity contribution < 1.29 is 37.3 Å². The first-order valence-corrected chi connectivity index (χ1v) is 8.48. The van der Waals surface area contributed by atoms with Gasteiger partial charge in [-0.3, -0.25) is 4.79 Å². The Kier molecular flexibility index (Phi) is 7.03. The Bertz CT molecular complexity index is 818. The molecule has 0 unspecified atom stereocenters. The van der Waals surface area contributed by atoms with E-state index >= 15 is 0 Å². The van der Waals surface area contributed by atoms with Crippen LogP contribution in [0.5, 0.6) is 5.75 Å². The summed E-state index contributed by atoms with van der Waals surface area (Å²) in [6.45, 7) is 1.50. The molecule has 2 aromatic rings. The number of carboxylic acids is 1. The molecule has 0 aliphatic carbocycles. The third kappa shape index (κ3) is 5.73. The molecule has 1 N–H and O–H groups in total. The first-order chi connectivity index (χ1) is 13.2. The molecule has 0 saturated carbocycles. The maximum Gasteiger partial charge on any atom is 0.396 e. The van der Waals surface area contributed by atoms with Crippen molar-refractivity contribution in [2.24, 2.45) is 0 Å². The fourth-order valence-electron chi connectivity index (χ4n) is 2.64. The van der Waals surface area contributed by atoms with Gasteiger partial charge in [0, 0.05) is 0 Å². The normalized spacial score (nSPS) is 12.3. The lowest BCUT2D eigenvalue weighted by Gasteiger charge is -2.22. The minimum absolute atomic E-state index is 0.0713. The van der Waals surface area contributed by atoms with E-state index in [0.717, 1.165) is 17.7 Å². The molecule has 2 rings (SSSR count). The molecule has 0 amide bonds. The number of benzene rings is 2. The quantitative estimate of drug-likeness (QED) is 0.662. The molecule has 8 heteroatoms. The predicted molar refractivity (Wildman–Crippen MR) is 94.2 cm³/mol. The molecule has 0 bridgehead atoms. The molecule has 0 spiro atoms. The summed E-state index contributed by atoms with van der Waals surface area (Å²) in [6.07, 6.45) is -5.85. The van der Waals surface area contributed by atoms with Crippen LogP contribution >= 0.6 is 0 Å². The lowest BCUT2D eigenvalue weighted by atomic mass is 9.90. The van der Waals surface area contributed by atoms with Gasteiger partial charge < -0.3 is 14.6 Å². The van der Waals surface area contributed by atoms with E-state index in [1.165, 1.54) is 13.0 Å². The predicted octanol–water partition coefficient (Wildman–Crippen LogP) is 4.56. The van der Waals surface area contributed by atoms with Crippen LogP contribution < -0.4 is 4.74 Å². The highest BCUT2D eigenvalue weighted by atomic mass is 19.4. The Hall–Kier alpha value is -3.03. The van der Waals surface area contributed by atoms with Crippen LogP contribution in [0.15, 0.2) is 48.5 Å². The molecule has 0 heterocycles. The summed E-state index contributed by atoms with van der Waals surface area (Å²) in [7, 11) is 0. The minimum atomic E-state index is -4.84. The maximum atomic E-state index is 13.6. The molecule has 0 radical (unpaired) electrons. The molecule has 28 heavy (non-hydrogen) atoms. The summed E-state index contributed by atoms with van der Waals surface area (Å²) in [5.41, 5.74) is -0.289. The van der Waals surface area contributed by atoms with E-state index < -0.39 is 41.6 Å². The second-order valence-electron chi connectivity index (χ2n) is 5.93. The molecule has 0 aliphatic heterocycles. The van der Waals surface area contributed by atoms with Gasteiger partial charge in [0.15, 0.2) is 0 Å². The second-order valence-corrected chi connectivity index (χ2v) is 5.93. The Labute approximate surface area is 159 Å². The maximum absolute atomic E-state index is 13.6. The van der Waals surface area contributed by atoms with Crippen LogP contribution in [0.25, 0.3) is 0 Å². The number of rotatable bonds is 8. The number of carboxylic acid groups (broad SMARTS) is 1. The largest absolute Gasteiger partial charge is 0.489 e. The van der Waals surface area contributed by atoms with Gasteiger partial charge in [-0.25, -0.2) is 4.79 Å². The van der Waals surface area contributed by atoms with Crippen molar-refractivity contribution in [3.8, 4) is 5.75 Å². The molecule has 0 fully saturated rings. The summed E-state index contributed by atoms with van der Waals surface area (Å²) in [5.74, 6) is -4.83. The van der Waals surface area contributed by atoms with Gasteiger partial charge in [-0.1, -0.05) is 30.3 Å². The molecule has 1 atom stereocenters. The van der Waals surface area contributed by atoms with Crippen molar-refractivity contribution in [2.75, 3.05) is 6.61 Å². The molecule has 150 valence electrons. The summed E-state index contributed by atoms with van der Waals surface area (Å²) < 4.78 is 50.9. The van der Waals surface area contributed by atoms with E-state index in [9.17, 15) is 27.9 Å². The average Bonchev–Trinajstić information content (AvgIpc) is 2.64. The van der Waals surface area contributed by atoms with Gasteiger partial charge in [0.1, 0.15) is 12.4 Å². The highest BCUT2D eigenvalue weighted by molar-refractivity contribution is 5.90. The van der Waals surface area contributed by atoms with Crippen molar-refractivity contribution in [1.29, 1.82) is 0 Å². The number of hydrogen-bond donors (Lipinski definition) is 1. The van der Waals surface area contributed by atoms with E-state index in [1.807, 2.05) is 6.07 Å². The highest BCUT2D eigenvalue weighted by Gasteiger charge is 2.44. The summed E-state index contributed by atoms with van der Waals surface area (Å²) in [6, 6.07) is 12.3. The number of halogens is 3. The Morgan fingerprint density at radius 2 is 1.79 bits per heavy atom. The monoisotopic (exact) mass is 396 g/mol. The first-order valence-electron chi connectivity index (χ1n) is 8.48. The van der Waals surface area contributed by atoms with Crippen LogP contribution in [0.1, 0.15) is 40.7 Å². The highest BCUT2D eigenvalue weighted by Crippen LogP contribution is 2.40. The summed E-state index contributed by atoms with van der Waals surface area (Å²) in [4.78, 5) is 23.1. The van der Waals surface area contributed by atoms with Gasteiger partial charge in [-0.2, -0.15) is 13.2 Å². The van der Waals surface area contributed by atoms with Gasteiger partial charge in [-0.05, 0) is 36.2 Å². The summed E-state index contributed by atoms with van der Waals surface area (Å²) >= 11 is 0. The van der Waals surface area contributed by atoms with Gasteiger partial charge in [0.2, 0.25) is 0 Å². The van der Waals surface area contributed by atoms with E-state index in [1.54, 1.807) is 24.3 Å². The van der Waals surface area contributed by atoms with Crippen LogP contribution in [0.2, 0.25) is 0 Å². The fourth-order valence-corrected chi connectivity index (χ4v) is 2.64. The number of alkyl halides is 3. The molecule has 2 aromatic carbocycles. The zero-order valence-corrected chi connectivity index (χ0v) is 15.0. The second kappa shape index (κ2) is 9.25. The van der Waals surface area contributed by atoms with Crippen LogP contribution in [0.4, 0.5) is 13.2 Å². The molecular weight excluding hydrogens is 377 g/mol. The van der Waals surface area contributed by atoms with Crippen LogP contribution in [-0.2, 0) is 16.1 Å². The van der Waals surface area contributed by atoms with Gasteiger partial charge in [0.05, 0.1) is 24.5 Å². The number of aromatic carboxylic acids is 1. The number of esters is 1. The third-order valence-electron chi connectivity index (χ3n) is 3.95. The van der Waals surface area contributed by atoms with Crippen molar-refractivity contribution in [3.05, 3.63) is 65.2 Å². The van der Waals surface area contributed by atoms with Crippen molar-refractivity contribution in [2.45, 2.75) is 32.0 Å². The third-order valence-corrected chi connectivity index (χ3v) is 3.95. The van der Waals surface area contributed by atoms with Crippen molar-refractivity contribution >= 4 is 11.9 Å². The van der Waals surface area contributed by atoms with Crippen molar-refractivity contribution in [3.63, 3.8) is 0 Å². The lowest BCUT2D eigenvalue weighted by Crippen LogP contribution is -2.26. The zero-order chi connectivity index (χ0) is 20.7. The number of hydrogen-bond acceptors (Lipinski definition) is 4. The van der Waals surface area contributed by atoms with E-state index in [0.29, 0.717) is 0 Å². The Morgan fingerprint density at radius 1 is 1.11 bits per heavy atom. The lowest BCUT2D eigenvalue weighted by molar-refractivity contribution is -0.166. The van der Waals surface area contributed by atoms with E-state index in [4.69, 9.17) is 4.74 Å². The Morgan fingerprint density at radius 3 is 2.36 bits per heavy atom. The molecule has 0 saturated heterocycles. The fraction of sp³-hybridized carbons (Fsp3) is 0.300. The van der Waals surface area contributed by atoms with Crippen LogP contribution in [-0.4, -0.2) is 29.8 Å². The average molecular weight is 396 g/mol. The molecule has 0 aromatic heterocycles. The Balaban J connectivity index is 2.36. The topological polar surface area (TPSA) is 72.8 Å². The SMILES string of the molecule is CCOC(=O)C[C@H](c1cc(OCc2ccccc2)ccc1C(=O)O)C(F)(F)F. The van der Waals surface area contributed by atoms with Gasteiger partial charge in [-0.15, -0.1) is 0 Å². The van der Waals surface area contributed by atoms with Crippen molar-refractivity contribution in [1.82, 2.24) is 0 Å². The van der Waals surface area contributed by atoms with Gasteiger partial charge >= 0.3 is 18.1 Å². The standard InChI is InChI=1S/C20H19F3O5/c1-2-27-18(24)11-17(20(21,22)23)16-10-14(8-9-15(16)19(25)26)28-12-13-6-4-3-5-7-13/h3-10,17H,2,11-12H2,1H3,(H,25,26)/t17-/m1/s1. The van der Waals surface area contributed by atoms with Crippen LogP contribution in [0, 0.1) is 0 Å². The zero-order valence-electron chi connectivity index (χ0n) is 15.0.